The normalized spacial score (nSPS) is 11.1. The number of alkyl halides is 3. The fourth-order valence-electron chi connectivity index (χ4n) is 3.62. The third-order valence-corrected chi connectivity index (χ3v) is 5.69. The van der Waals surface area contributed by atoms with E-state index < -0.39 is 23.4 Å². The predicted octanol–water partition coefficient (Wildman–Crippen LogP) is 5.44. The van der Waals surface area contributed by atoms with Crippen LogP contribution in [0.15, 0.2) is 78.9 Å². The zero-order valence-electron chi connectivity index (χ0n) is 20.3. The fourth-order valence-corrected chi connectivity index (χ4v) is 3.78. The summed E-state index contributed by atoms with van der Waals surface area (Å²) in [6.45, 7) is 0.109. The van der Waals surface area contributed by atoms with Gasteiger partial charge in [0.2, 0.25) is 23.0 Å². The van der Waals surface area contributed by atoms with Gasteiger partial charge in [-0.3, -0.25) is 9.59 Å². The van der Waals surface area contributed by atoms with Gasteiger partial charge in [0.25, 0.3) is 5.91 Å². The molecule has 3 aromatic carbocycles. The van der Waals surface area contributed by atoms with Gasteiger partial charge in [-0.25, -0.2) is 0 Å². The van der Waals surface area contributed by atoms with Crippen LogP contribution in [0.2, 0.25) is 5.28 Å². The molecule has 0 saturated heterocycles. The van der Waals surface area contributed by atoms with E-state index in [-0.39, 0.29) is 35.8 Å². The third-order valence-electron chi connectivity index (χ3n) is 5.52. The number of rotatable bonds is 10. The first-order valence-electron chi connectivity index (χ1n) is 11.7. The maximum atomic E-state index is 13.2. The second-order valence-electron chi connectivity index (χ2n) is 8.28. The maximum Gasteiger partial charge on any atom is 0.416 e. The van der Waals surface area contributed by atoms with E-state index in [9.17, 15) is 22.8 Å². The molecule has 200 valence electrons. The van der Waals surface area contributed by atoms with Gasteiger partial charge in [-0.2, -0.15) is 28.1 Å². The summed E-state index contributed by atoms with van der Waals surface area (Å²) in [7, 11) is 0. The van der Waals surface area contributed by atoms with Gasteiger partial charge in [-0.15, -0.1) is 0 Å². The van der Waals surface area contributed by atoms with Crippen LogP contribution in [0.4, 0.5) is 30.8 Å². The van der Waals surface area contributed by atoms with Gasteiger partial charge in [0.1, 0.15) is 0 Å². The van der Waals surface area contributed by atoms with Gasteiger partial charge in [0, 0.05) is 24.3 Å². The number of nitrogens with one attached hydrogen (secondary N) is 3. The van der Waals surface area contributed by atoms with Crippen molar-refractivity contribution >= 4 is 40.9 Å². The average molecular weight is 555 g/mol. The number of benzene rings is 3. The standard InChI is InChI=1S/C27H22ClF3N6O2/c28-24-35-25(33-16-19-8-4-5-9-21(19)27(29,30)31)37-26(36-24)34-20-12-10-17(11-13-20)14-15-32-23(39)22(38)18-6-2-1-3-7-18/h1-13H,14-16H2,(H,32,39)(H2,33,34,35,36,37). The summed E-state index contributed by atoms with van der Waals surface area (Å²) >= 11 is 5.99. The van der Waals surface area contributed by atoms with Gasteiger partial charge >= 0.3 is 6.18 Å². The smallest absolute Gasteiger partial charge is 0.350 e. The van der Waals surface area contributed by atoms with Crippen molar-refractivity contribution in [3.8, 4) is 0 Å². The Hall–Kier alpha value is -4.51. The van der Waals surface area contributed by atoms with Crippen molar-refractivity contribution in [1.82, 2.24) is 20.3 Å². The number of hydrogen-bond acceptors (Lipinski definition) is 7. The van der Waals surface area contributed by atoms with E-state index in [1.807, 2.05) is 12.1 Å². The van der Waals surface area contributed by atoms with Crippen LogP contribution < -0.4 is 16.0 Å². The Morgan fingerprint density at radius 2 is 1.49 bits per heavy atom. The number of Topliss-reactive ketones (excluding diaryl/α,β-unsaturated/α-hetero) is 1. The molecule has 12 heteroatoms. The first-order valence-corrected chi connectivity index (χ1v) is 12.1. The summed E-state index contributed by atoms with van der Waals surface area (Å²) in [6.07, 6.45) is -3.99. The van der Waals surface area contributed by atoms with E-state index in [1.165, 1.54) is 18.2 Å². The third kappa shape index (κ3) is 7.74. The number of carbonyl (C=O) groups excluding carboxylic acids is 2. The van der Waals surface area contributed by atoms with Crippen molar-refractivity contribution < 1.29 is 22.8 Å². The second kappa shape index (κ2) is 12.4. The minimum Gasteiger partial charge on any atom is -0.350 e. The highest BCUT2D eigenvalue weighted by Gasteiger charge is 2.32. The number of ketones is 1. The summed E-state index contributed by atoms with van der Waals surface area (Å²) in [6, 6.07) is 20.7. The van der Waals surface area contributed by atoms with E-state index in [2.05, 4.69) is 30.9 Å². The summed E-state index contributed by atoms with van der Waals surface area (Å²) in [4.78, 5) is 36.3. The molecule has 0 atom stereocenters. The molecule has 0 fully saturated rings. The van der Waals surface area contributed by atoms with Gasteiger partial charge in [-0.05, 0) is 47.3 Å². The summed E-state index contributed by atoms with van der Waals surface area (Å²) in [5, 5.41) is 8.20. The zero-order valence-corrected chi connectivity index (χ0v) is 21.1. The summed E-state index contributed by atoms with van der Waals surface area (Å²) < 4.78 is 39.7. The topological polar surface area (TPSA) is 109 Å². The molecule has 1 aromatic heterocycles. The molecule has 4 aromatic rings. The predicted molar refractivity (Wildman–Crippen MR) is 141 cm³/mol. The van der Waals surface area contributed by atoms with Crippen molar-refractivity contribution in [2.75, 3.05) is 17.2 Å². The molecule has 1 heterocycles. The average Bonchev–Trinajstić information content (AvgIpc) is 2.92. The zero-order chi connectivity index (χ0) is 27.8. The molecule has 3 N–H and O–H groups in total. The van der Waals surface area contributed by atoms with Crippen LogP contribution >= 0.6 is 11.6 Å². The highest BCUT2D eigenvalue weighted by atomic mass is 35.5. The number of nitrogens with zero attached hydrogens (tertiary/aromatic N) is 3. The second-order valence-corrected chi connectivity index (χ2v) is 8.62. The monoisotopic (exact) mass is 554 g/mol. The Kier molecular flexibility index (Phi) is 8.72. The Morgan fingerprint density at radius 1 is 0.821 bits per heavy atom. The first-order chi connectivity index (χ1) is 18.7. The van der Waals surface area contributed by atoms with Crippen molar-refractivity contribution in [2.24, 2.45) is 0 Å². The molecule has 1 amide bonds. The number of hydrogen-bond donors (Lipinski definition) is 3. The number of anilines is 3. The van der Waals surface area contributed by atoms with E-state index >= 15 is 0 Å². The van der Waals surface area contributed by atoms with Crippen molar-refractivity contribution in [3.05, 3.63) is 106 Å². The van der Waals surface area contributed by atoms with E-state index in [4.69, 9.17) is 11.6 Å². The van der Waals surface area contributed by atoms with Crippen molar-refractivity contribution in [1.29, 1.82) is 0 Å². The number of carbonyl (C=O) groups is 2. The number of halogens is 4. The van der Waals surface area contributed by atoms with Gasteiger partial charge in [-0.1, -0.05) is 60.7 Å². The lowest BCUT2D eigenvalue weighted by Gasteiger charge is -2.13. The molecule has 0 aliphatic heterocycles. The lowest BCUT2D eigenvalue weighted by molar-refractivity contribution is -0.138. The molecule has 0 spiro atoms. The lowest BCUT2D eigenvalue weighted by atomic mass is 10.1. The molecule has 0 bridgehead atoms. The Balaban J connectivity index is 1.32. The molecular weight excluding hydrogens is 533 g/mol. The molecule has 8 nitrogen and oxygen atoms in total. The molecular formula is C27H22ClF3N6O2. The van der Waals surface area contributed by atoms with Gasteiger partial charge in [0.05, 0.1) is 5.56 Å². The van der Waals surface area contributed by atoms with E-state index in [0.29, 0.717) is 17.7 Å². The van der Waals surface area contributed by atoms with Crippen LogP contribution in [-0.2, 0) is 23.9 Å². The highest BCUT2D eigenvalue weighted by Crippen LogP contribution is 2.32. The van der Waals surface area contributed by atoms with E-state index in [0.717, 1.165) is 11.6 Å². The number of amides is 1. The van der Waals surface area contributed by atoms with Crippen LogP contribution in [0.5, 0.6) is 0 Å². The fraction of sp³-hybridized carbons (Fsp3) is 0.148. The van der Waals surface area contributed by atoms with Crippen LogP contribution in [0, 0.1) is 0 Å². The molecule has 39 heavy (non-hydrogen) atoms. The lowest BCUT2D eigenvalue weighted by Crippen LogP contribution is -2.32. The molecule has 0 radical (unpaired) electrons. The molecule has 0 aliphatic rings. The largest absolute Gasteiger partial charge is 0.416 e. The highest BCUT2D eigenvalue weighted by molar-refractivity contribution is 6.42. The Labute approximate surface area is 226 Å². The minimum absolute atomic E-state index is 0.00638. The quantitative estimate of drug-likeness (QED) is 0.177. The van der Waals surface area contributed by atoms with Gasteiger partial charge < -0.3 is 16.0 Å². The summed E-state index contributed by atoms with van der Waals surface area (Å²) in [5.41, 5.74) is 1.14. The van der Waals surface area contributed by atoms with Crippen LogP contribution in [-0.4, -0.2) is 33.2 Å². The molecule has 4 rings (SSSR count). The Bertz CT molecular complexity index is 1450. The maximum absolute atomic E-state index is 13.2. The Morgan fingerprint density at radius 3 is 2.21 bits per heavy atom. The van der Waals surface area contributed by atoms with Crippen molar-refractivity contribution in [2.45, 2.75) is 19.1 Å². The van der Waals surface area contributed by atoms with Crippen LogP contribution in [0.1, 0.15) is 27.0 Å². The van der Waals surface area contributed by atoms with Crippen LogP contribution in [0.3, 0.4) is 0 Å². The number of aromatic nitrogens is 3. The summed E-state index contributed by atoms with van der Waals surface area (Å²) in [5.74, 6) is -1.16. The molecule has 0 unspecified atom stereocenters. The first kappa shape index (κ1) is 27.5. The van der Waals surface area contributed by atoms with Gasteiger partial charge in [0.15, 0.2) is 0 Å². The minimum atomic E-state index is -4.49. The SMILES string of the molecule is O=C(NCCc1ccc(Nc2nc(Cl)nc(NCc3ccccc3C(F)(F)F)n2)cc1)C(=O)c1ccccc1. The van der Waals surface area contributed by atoms with Crippen molar-refractivity contribution in [3.63, 3.8) is 0 Å². The van der Waals surface area contributed by atoms with Crippen LogP contribution in [0.25, 0.3) is 0 Å². The molecule has 0 saturated carbocycles. The van der Waals surface area contributed by atoms with E-state index in [1.54, 1.807) is 42.5 Å². The molecule has 0 aliphatic carbocycles.